The molecule has 0 saturated carbocycles. The molecule has 156 valence electrons. The van der Waals surface area contributed by atoms with Crippen molar-refractivity contribution in [1.29, 1.82) is 0 Å². The number of fused-ring (bicyclic) bond motifs is 5. The Morgan fingerprint density at radius 1 is 0.935 bits per heavy atom. The standard InChI is InChI=1S/C26H23FN2O2/c27-23-7-3-2-6-21(23)22-9-10-25(30)29-14-17-11-19(26(22)29)15-28(13-17)16-20-12-18-5-1-4-8-24(18)31-20/h1-10,12,17,19H,11,13-16H2/t17-,19+/m0/s1. The van der Waals surface area contributed by atoms with Gasteiger partial charge in [-0.1, -0.05) is 36.4 Å². The van der Waals surface area contributed by atoms with E-state index < -0.39 is 0 Å². The smallest absolute Gasteiger partial charge is 0.250 e. The lowest BCUT2D eigenvalue weighted by atomic mass is 9.80. The lowest BCUT2D eigenvalue weighted by molar-refractivity contribution is 0.109. The van der Waals surface area contributed by atoms with E-state index >= 15 is 0 Å². The summed E-state index contributed by atoms with van der Waals surface area (Å²) >= 11 is 0. The molecule has 0 unspecified atom stereocenters. The fourth-order valence-electron chi connectivity index (χ4n) is 5.49. The zero-order valence-electron chi connectivity index (χ0n) is 17.1. The van der Waals surface area contributed by atoms with Gasteiger partial charge in [0, 0.05) is 53.8 Å². The van der Waals surface area contributed by atoms with Crippen LogP contribution < -0.4 is 5.56 Å². The van der Waals surface area contributed by atoms with Crippen molar-refractivity contribution in [2.45, 2.75) is 25.4 Å². The number of para-hydroxylation sites is 1. The van der Waals surface area contributed by atoms with Crippen molar-refractivity contribution in [2.24, 2.45) is 5.92 Å². The molecule has 2 bridgehead atoms. The van der Waals surface area contributed by atoms with Gasteiger partial charge in [0.25, 0.3) is 5.56 Å². The van der Waals surface area contributed by atoms with Gasteiger partial charge in [0.1, 0.15) is 17.2 Å². The van der Waals surface area contributed by atoms with Crippen LogP contribution in [-0.2, 0) is 13.1 Å². The third-order valence-electron chi connectivity index (χ3n) is 6.69. The van der Waals surface area contributed by atoms with Gasteiger partial charge < -0.3 is 8.98 Å². The molecule has 1 saturated heterocycles. The fraction of sp³-hybridized carbons (Fsp3) is 0.269. The van der Waals surface area contributed by atoms with E-state index in [2.05, 4.69) is 17.0 Å². The average molecular weight is 414 g/mol. The number of likely N-dealkylation sites (tertiary alicyclic amines) is 1. The van der Waals surface area contributed by atoms with E-state index in [1.165, 1.54) is 6.07 Å². The van der Waals surface area contributed by atoms with Gasteiger partial charge in [-0.05, 0) is 36.6 Å². The van der Waals surface area contributed by atoms with Crippen LogP contribution in [0.4, 0.5) is 4.39 Å². The van der Waals surface area contributed by atoms with E-state index in [1.54, 1.807) is 24.3 Å². The Balaban J connectivity index is 1.36. The highest BCUT2D eigenvalue weighted by molar-refractivity contribution is 5.77. The molecule has 0 aliphatic carbocycles. The van der Waals surface area contributed by atoms with Crippen molar-refractivity contribution in [3.8, 4) is 11.1 Å². The van der Waals surface area contributed by atoms with E-state index in [9.17, 15) is 9.18 Å². The SMILES string of the molecule is O=c1ccc(-c2ccccc2F)c2n1C[C@H]1C[C@@H]2CN(Cc2cc3ccccc3o2)C1. The van der Waals surface area contributed by atoms with Crippen LogP contribution in [-0.4, -0.2) is 22.6 Å². The van der Waals surface area contributed by atoms with Crippen LogP contribution in [0.1, 0.15) is 23.8 Å². The van der Waals surface area contributed by atoms with Crippen molar-refractivity contribution >= 4 is 11.0 Å². The second-order valence-corrected chi connectivity index (χ2v) is 8.80. The summed E-state index contributed by atoms with van der Waals surface area (Å²) in [7, 11) is 0. The van der Waals surface area contributed by atoms with Gasteiger partial charge in [0.2, 0.25) is 0 Å². The predicted molar refractivity (Wildman–Crippen MR) is 118 cm³/mol. The number of halogens is 1. The summed E-state index contributed by atoms with van der Waals surface area (Å²) in [5, 5.41) is 1.12. The van der Waals surface area contributed by atoms with Gasteiger partial charge in [0.15, 0.2) is 0 Å². The van der Waals surface area contributed by atoms with Gasteiger partial charge in [-0.25, -0.2) is 4.39 Å². The summed E-state index contributed by atoms with van der Waals surface area (Å²) in [5.74, 6) is 1.31. The third kappa shape index (κ3) is 3.20. The number of benzene rings is 2. The summed E-state index contributed by atoms with van der Waals surface area (Å²) in [6.45, 7) is 3.19. The van der Waals surface area contributed by atoms with Crippen molar-refractivity contribution in [1.82, 2.24) is 9.47 Å². The second-order valence-electron chi connectivity index (χ2n) is 8.80. The third-order valence-corrected chi connectivity index (χ3v) is 6.69. The van der Waals surface area contributed by atoms with Gasteiger partial charge in [-0.3, -0.25) is 9.69 Å². The molecule has 31 heavy (non-hydrogen) atoms. The van der Waals surface area contributed by atoms with E-state index in [4.69, 9.17) is 4.42 Å². The van der Waals surface area contributed by atoms with Crippen molar-refractivity contribution in [2.75, 3.05) is 13.1 Å². The molecule has 2 aliphatic rings. The van der Waals surface area contributed by atoms with E-state index in [0.29, 0.717) is 18.0 Å². The Labute approximate surface area is 179 Å². The highest BCUT2D eigenvalue weighted by Gasteiger charge is 2.36. The van der Waals surface area contributed by atoms with E-state index in [-0.39, 0.29) is 17.3 Å². The van der Waals surface area contributed by atoms with Gasteiger partial charge >= 0.3 is 0 Å². The predicted octanol–water partition coefficient (Wildman–Crippen LogP) is 5.02. The number of furan rings is 1. The van der Waals surface area contributed by atoms with Gasteiger partial charge in [-0.15, -0.1) is 0 Å². The van der Waals surface area contributed by atoms with Crippen LogP contribution in [0.2, 0.25) is 0 Å². The number of aromatic nitrogens is 1. The first kappa shape index (κ1) is 18.6. The monoisotopic (exact) mass is 414 g/mol. The first-order valence-corrected chi connectivity index (χ1v) is 10.8. The van der Waals surface area contributed by atoms with Crippen molar-refractivity contribution in [3.63, 3.8) is 0 Å². The Kier molecular flexibility index (Phi) is 4.32. The highest BCUT2D eigenvalue weighted by Crippen LogP contribution is 2.40. The van der Waals surface area contributed by atoms with Crippen LogP contribution in [0.15, 0.2) is 75.9 Å². The van der Waals surface area contributed by atoms with E-state index in [1.807, 2.05) is 28.8 Å². The molecule has 4 nitrogen and oxygen atoms in total. The number of hydrogen-bond donors (Lipinski definition) is 0. The minimum absolute atomic E-state index is 0.00974. The molecule has 0 spiro atoms. The summed E-state index contributed by atoms with van der Waals surface area (Å²) in [6.07, 6.45) is 1.03. The van der Waals surface area contributed by atoms with E-state index in [0.717, 1.165) is 54.0 Å². The maximum absolute atomic E-state index is 14.6. The molecular weight excluding hydrogens is 391 g/mol. The second kappa shape index (κ2) is 7.20. The quantitative estimate of drug-likeness (QED) is 0.473. The number of pyridine rings is 1. The number of hydrogen-bond acceptors (Lipinski definition) is 3. The molecule has 0 radical (unpaired) electrons. The molecule has 6 rings (SSSR count). The molecule has 2 aromatic carbocycles. The number of piperidine rings is 1. The van der Waals surface area contributed by atoms with Crippen LogP contribution >= 0.6 is 0 Å². The normalized spacial score (nSPS) is 20.7. The molecule has 4 heterocycles. The summed E-state index contributed by atoms with van der Waals surface area (Å²) in [6, 6.07) is 20.4. The molecule has 2 aliphatic heterocycles. The molecular formula is C26H23FN2O2. The Bertz CT molecular complexity index is 1310. The first-order valence-electron chi connectivity index (χ1n) is 10.8. The largest absolute Gasteiger partial charge is 0.460 e. The Morgan fingerprint density at radius 3 is 2.65 bits per heavy atom. The fourth-order valence-corrected chi connectivity index (χ4v) is 5.49. The van der Waals surface area contributed by atoms with Gasteiger partial charge in [-0.2, -0.15) is 0 Å². The van der Waals surface area contributed by atoms with Crippen LogP contribution in [0, 0.1) is 11.7 Å². The van der Waals surface area contributed by atoms with Crippen LogP contribution in [0.5, 0.6) is 0 Å². The van der Waals surface area contributed by atoms with Crippen molar-refractivity contribution < 1.29 is 8.81 Å². The minimum atomic E-state index is -0.249. The Morgan fingerprint density at radius 2 is 1.77 bits per heavy atom. The zero-order valence-corrected chi connectivity index (χ0v) is 17.1. The molecule has 0 amide bonds. The highest BCUT2D eigenvalue weighted by atomic mass is 19.1. The summed E-state index contributed by atoms with van der Waals surface area (Å²) < 4.78 is 22.6. The molecule has 4 aromatic rings. The first-order chi connectivity index (χ1) is 15.2. The summed E-state index contributed by atoms with van der Waals surface area (Å²) in [4.78, 5) is 15.1. The molecule has 1 fully saturated rings. The van der Waals surface area contributed by atoms with Crippen LogP contribution in [0.3, 0.4) is 0 Å². The lowest BCUT2D eigenvalue weighted by Gasteiger charge is -2.43. The average Bonchev–Trinajstić information content (AvgIpc) is 3.17. The minimum Gasteiger partial charge on any atom is -0.460 e. The maximum Gasteiger partial charge on any atom is 0.250 e. The molecule has 2 aromatic heterocycles. The van der Waals surface area contributed by atoms with Crippen LogP contribution in [0.25, 0.3) is 22.1 Å². The lowest BCUT2D eigenvalue weighted by Crippen LogP contribution is -2.47. The van der Waals surface area contributed by atoms with Gasteiger partial charge in [0.05, 0.1) is 6.54 Å². The Hall–Kier alpha value is -3.18. The molecule has 2 atom stereocenters. The number of rotatable bonds is 3. The number of nitrogens with zero attached hydrogens (tertiary/aromatic N) is 2. The maximum atomic E-state index is 14.6. The van der Waals surface area contributed by atoms with Crippen molar-refractivity contribution in [3.05, 3.63) is 94.4 Å². The summed E-state index contributed by atoms with van der Waals surface area (Å²) in [5.41, 5.74) is 3.30. The molecule has 0 N–H and O–H groups in total. The molecule has 5 heteroatoms. The zero-order chi connectivity index (χ0) is 20.9. The topological polar surface area (TPSA) is 38.4 Å².